The number of amides is 2. The van der Waals surface area contributed by atoms with Crippen LogP contribution in [0.2, 0.25) is 0 Å². The van der Waals surface area contributed by atoms with Gasteiger partial charge in [0.2, 0.25) is 11.8 Å². The van der Waals surface area contributed by atoms with Gasteiger partial charge in [-0.1, -0.05) is 12.1 Å². The van der Waals surface area contributed by atoms with Gasteiger partial charge in [-0.25, -0.2) is 0 Å². The number of hydrogen-bond acceptors (Lipinski definition) is 5. The van der Waals surface area contributed by atoms with Crippen molar-refractivity contribution in [3.8, 4) is 5.75 Å². The fourth-order valence-electron chi connectivity index (χ4n) is 3.88. The lowest BCUT2D eigenvalue weighted by Crippen LogP contribution is -2.53. The molecule has 2 amide bonds. The third kappa shape index (κ3) is 4.59. The van der Waals surface area contributed by atoms with E-state index in [2.05, 4.69) is 23.9 Å². The molecule has 2 aliphatic heterocycles. The maximum absolute atomic E-state index is 12.6. The number of carbonyl (C=O) groups excluding carboxylic acids is 2. The van der Waals surface area contributed by atoms with Crippen molar-refractivity contribution in [1.82, 2.24) is 14.7 Å². The summed E-state index contributed by atoms with van der Waals surface area (Å²) in [5, 5.41) is 0. The first kappa shape index (κ1) is 19.6. The van der Waals surface area contributed by atoms with Crippen LogP contribution in [0.3, 0.4) is 0 Å². The zero-order valence-corrected chi connectivity index (χ0v) is 16.6. The van der Waals surface area contributed by atoms with Gasteiger partial charge in [-0.05, 0) is 39.2 Å². The molecule has 148 valence electrons. The van der Waals surface area contributed by atoms with E-state index in [4.69, 9.17) is 4.74 Å². The SMILES string of the molecule is COc1ccccc1N1CCN(C(=O)CCN(C)C2CCN(C)C2)CC1=O. The predicted molar refractivity (Wildman–Crippen MR) is 105 cm³/mol. The summed E-state index contributed by atoms with van der Waals surface area (Å²) in [6.07, 6.45) is 1.61. The molecule has 2 aliphatic rings. The Morgan fingerprint density at radius 2 is 2.04 bits per heavy atom. The predicted octanol–water partition coefficient (Wildman–Crippen LogP) is 0.896. The molecule has 0 bridgehead atoms. The minimum atomic E-state index is -0.0649. The van der Waals surface area contributed by atoms with Crippen molar-refractivity contribution >= 4 is 17.5 Å². The van der Waals surface area contributed by atoms with Gasteiger partial charge >= 0.3 is 0 Å². The summed E-state index contributed by atoms with van der Waals surface area (Å²) < 4.78 is 5.36. The van der Waals surface area contributed by atoms with E-state index in [-0.39, 0.29) is 18.4 Å². The molecule has 7 nitrogen and oxygen atoms in total. The van der Waals surface area contributed by atoms with E-state index in [1.165, 1.54) is 0 Å². The Bertz CT molecular complexity index is 681. The first-order valence-electron chi connectivity index (χ1n) is 9.59. The number of benzene rings is 1. The second-order valence-corrected chi connectivity index (χ2v) is 7.47. The maximum Gasteiger partial charge on any atom is 0.246 e. The standard InChI is InChI=1S/C20H30N4O3/c1-21-10-8-16(14-21)22(2)11-9-19(25)23-12-13-24(20(26)15-23)17-6-4-5-7-18(17)27-3/h4-7,16H,8-15H2,1-3H3. The molecule has 0 spiro atoms. The Balaban J connectivity index is 1.51. The van der Waals surface area contributed by atoms with Crippen molar-refractivity contribution in [1.29, 1.82) is 0 Å². The molecule has 0 aliphatic carbocycles. The number of hydrogen-bond donors (Lipinski definition) is 0. The van der Waals surface area contributed by atoms with Crippen LogP contribution in [-0.4, -0.2) is 93.0 Å². The second-order valence-electron chi connectivity index (χ2n) is 7.47. The Hall–Kier alpha value is -2.12. The number of likely N-dealkylation sites (N-methyl/N-ethyl adjacent to an activating group) is 2. The number of nitrogens with zero attached hydrogens (tertiary/aromatic N) is 4. The molecule has 1 atom stereocenters. The van der Waals surface area contributed by atoms with Crippen molar-refractivity contribution in [2.24, 2.45) is 0 Å². The zero-order valence-electron chi connectivity index (χ0n) is 16.6. The number of anilines is 1. The van der Waals surface area contributed by atoms with Crippen LogP contribution in [0.1, 0.15) is 12.8 Å². The van der Waals surface area contributed by atoms with E-state index in [0.717, 1.165) is 31.7 Å². The maximum atomic E-state index is 12.6. The highest BCUT2D eigenvalue weighted by molar-refractivity contribution is 5.99. The molecule has 1 aromatic rings. The van der Waals surface area contributed by atoms with E-state index in [0.29, 0.717) is 31.3 Å². The summed E-state index contributed by atoms with van der Waals surface area (Å²) in [7, 11) is 5.81. The summed E-state index contributed by atoms with van der Waals surface area (Å²) >= 11 is 0. The molecule has 2 heterocycles. The number of carbonyl (C=O) groups is 2. The van der Waals surface area contributed by atoms with Crippen LogP contribution in [0.25, 0.3) is 0 Å². The quantitative estimate of drug-likeness (QED) is 0.740. The molecule has 7 heteroatoms. The first-order chi connectivity index (χ1) is 13.0. The van der Waals surface area contributed by atoms with Gasteiger partial charge in [-0.15, -0.1) is 0 Å². The molecular weight excluding hydrogens is 344 g/mol. The summed E-state index contributed by atoms with van der Waals surface area (Å²) in [4.78, 5) is 33.2. The van der Waals surface area contributed by atoms with Gasteiger partial charge in [0.05, 0.1) is 12.8 Å². The largest absolute Gasteiger partial charge is 0.495 e. The van der Waals surface area contributed by atoms with Crippen molar-refractivity contribution in [3.63, 3.8) is 0 Å². The highest BCUT2D eigenvalue weighted by atomic mass is 16.5. The van der Waals surface area contributed by atoms with Crippen molar-refractivity contribution in [2.45, 2.75) is 18.9 Å². The van der Waals surface area contributed by atoms with Crippen LogP contribution in [-0.2, 0) is 9.59 Å². The van der Waals surface area contributed by atoms with E-state index in [1.54, 1.807) is 16.9 Å². The molecule has 0 aromatic heterocycles. The summed E-state index contributed by atoms with van der Waals surface area (Å²) in [6.45, 7) is 4.08. The Morgan fingerprint density at radius 3 is 2.70 bits per heavy atom. The van der Waals surface area contributed by atoms with Gasteiger partial charge in [0.15, 0.2) is 0 Å². The van der Waals surface area contributed by atoms with Gasteiger partial charge < -0.3 is 24.3 Å². The zero-order chi connectivity index (χ0) is 19.4. The van der Waals surface area contributed by atoms with Crippen molar-refractivity contribution in [3.05, 3.63) is 24.3 Å². The van der Waals surface area contributed by atoms with Crippen LogP contribution in [0.4, 0.5) is 5.69 Å². The fraction of sp³-hybridized carbons (Fsp3) is 0.600. The minimum Gasteiger partial charge on any atom is -0.495 e. The smallest absolute Gasteiger partial charge is 0.246 e. The molecule has 0 N–H and O–H groups in total. The lowest BCUT2D eigenvalue weighted by Gasteiger charge is -2.35. The Morgan fingerprint density at radius 1 is 1.26 bits per heavy atom. The number of piperazine rings is 1. The van der Waals surface area contributed by atoms with Crippen LogP contribution in [0.15, 0.2) is 24.3 Å². The lowest BCUT2D eigenvalue weighted by molar-refractivity contribution is -0.137. The average Bonchev–Trinajstić information content (AvgIpc) is 3.12. The van der Waals surface area contributed by atoms with Crippen LogP contribution < -0.4 is 9.64 Å². The Labute approximate surface area is 161 Å². The Kier molecular flexibility index (Phi) is 6.34. The van der Waals surface area contributed by atoms with E-state index >= 15 is 0 Å². The fourth-order valence-corrected chi connectivity index (χ4v) is 3.88. The van der Waals surface area contributed by atoms with Crippen LogP contribution in [0.5, 0.6) is 5.75 Å². The third-order valence-corrected chi connectivity index (χ3v) is 5.62. The third-order valence-electron chi connectivity index (χ3n) is 5.62. The van der Waals surface area contributed by atoms with Crippen molar-refractivity contribution < 1.29 is 14.3 Å². The lowest BCUT2D eigenvalue weighted by atomic mass is 10.2. The number of para-hydroxylation sites is 2. The molecule has 1 unspecified atom stereocenters. The summed E-state index contributed by atoms with van der Waals surface area (Å²) in [5.74, 6) is 0.667. The monoisotopic (exact) mass is 374 g/mol. The highest BCUT2D eigenvalue weighted by Crippen LogP contribution is 2.28. The number of rotatable bonds is 6. The van der Waals surface area contributed by atoms with Crippen molar-refractivity contribution in [2.75, 3.05) is 65.4 Å². The number of ether oxygens (including phenoxy) is 1. The summed E-state index contributed by atoms with van der Waals surface area (Å²) in [5.41, 5.74) is 0.766. The molecule has 2 fully saturated rings. The van der Waals surface area contributed by atoms with E-state index in [1.807, 2.05) is 24.3 Å². The minimum absolute atomic E-state index is 0.0567. The number of methoxy groups -OCH3 is 1. The molecule has 0 radical (unpaired) electrons. The second kappa shape index (κ2) is 8.71. The molecule has 3 rings (SSSR count). The molecular formula is C20H30N4O3. The van der Waals surface area contributed by atoms with Gasteiger partial charge in [-0.2, -0.15) is 0 Å². The van der Waals surface area contributed by atoms with Gasteiger partial charge in [-0.3, -0.25) is 9.59 Å². The van der Waals surface area contributed by atoms with Gasteiger partial charge in [0, 0.05) is 38.6 Å². The topological polar surface area (TPSA) is 56.3 Å². The molecule has 2 saturated heterocycles. The van der Waals surface area contributed by atoms with Crippen LogP contribution >= 0.6 is 0 Å². The molecule has 27 heavy (non-hydrogen) atoms. The first-order valence-corrected chi connectivity index (χ1v) is 9.59. The van der Waals surface area contributed by atoms with E-state index < -0.39 is 0 Å². The number of likely N-dealkylation sites (tertiary alicyclic amines) is 1. The average molecular weight is 374 g/mol. The normalized spacial score (nSPS) is 21.2. The van der Waals surface area contributed by atoms with E-state index in [9.17, 15) is 9.59 Å². The van der Waals surface area contributed by atoms with Gasteiger partial charge in [0.25, 0.3) is 0 Å². The molecule has 1 aromatic carbocycles. The molecule has 0 saturated carbocycles. The van der Waals surface area contributed by atoms with Gasteiger partial charge in [0.1, 0.15) is 12.3 Å². The van der Waals surface area contributed by atoms with Crippen LogP contribution in [0, 0.1) is 0 Å². The highest BCUT2D eigenvalue weighted by Gasteiger charge is 2.30. The summed E-state index contributed by atoms with van der Waals surface area (Å²) in [6, 6.07) is 8.01.